The van der Waals surface area contributed by atoms with Gasteiger partial charge in [0.1, 0.15) is 5.82 Å². The number of hydrogen-bond donors (Lipinski definition) is 1. The summed E-state index contributed by atoms with van der Waals surface area (Å²) in [4.78, 5) is 20.4. The molecule has 2 aromatic rings. The van der Waals surface area contributed by atoms with Gasteiger partial charge in [-0.1, -0.05) is 25.1 Å². The number of piperidine rings is 1. The minimum atomic E-state index is -0.864. The zero-order chi connectivity index (χ0) is 18.4. The molecular weight excluding hydrogens is 326 g/mol. The standard InChI is InChI=1S/C21H27N3O2/c1-2-23(16-18-6-5-7-19(14-18)21(25)26)15-17-9-12-24(13-10-17)20-8-3-4-11-22-20/h3-8,11,14,17H,2,9-10,12-13,15-16H2,1H3,(H,25,26). The highest BCUT2D eigenvalue weighted by atomic mass is 16.4. The number of aromatic nitrogens is 1. The van der Waals surface area contributed by atoms with Gasteiger partial charge in [-0.05, 0) is 55.1 Å². The zero-order valence-corrected chi connectivity index (χ0v) is 15.3. The van der Waals surface area contributed by atoms with Gasteiger partial charge in [0.05, 0.1) is 5.56 Å². The summed E-state index contributed by atoms with van der Waals surface area (Å²) in [5.41, 5.74) is 1.43. The molecule has 0 aliphatic carbocycles. The first kappa shape index (κ1) is 18.4. The average molecular weight is 353 g/mol. The number of carbonyl (C=O) groups is 1. The maximum atomic E-state index is 11.1. The van der Waals surface area contributed by atoms with Crippen molar-refractivity contribution in [3.05, 3.63) is 59.8 Å². The van der Waals surface area contributed by atoms with E-state index >= 15 is 0 Å². The van der Waals surface area contributed by atoms with E-state index in [0.717, 1.165) is 44.1 Å². The summed E-state index contributed by atoms with van der Waals surface area (Å²) >= 11 is 0. The second-order valence-corrected chi connectivity index (χ2v) is 6.95. The Morgan fingerprint density at radius 1 is 1.23 bits per heavy atom. The van der Waals surface area contributed by atoms with Gasteiger partial charge in [0.25, 0.3) is 0 Å². The van der Waals surface area contributed by atoms with E-state index in [1.165, 1.54) is 12.8 Å². The normalized spacial score (nSPS) is 15.4. The molecule has 0 radical (unpaired) electrons. The van der Waals surface area contributed by atoms with E-state index < -0.39 is 5.97 Å². The zero-order valence-electron chi connectivity index (χ0n) is 15.3. The Labute approximate surface area is 155 Å². The number of hydrogen-bond acceptors (Lipinski definition) is 4. The minimum Gasteiger partial charge on any atom is -0.478 e. The number of nitrogens with zero attached hydrogens (tertiary/aromatic N) is 3. The smallest absolute Gasteiger partial charge is 0.335 e. The third-order valence-electron chi connectivity index (χ3n) is 5.13. The van der Waals surface area contributed by atoms with Crippen molar-refractivity contribution in [3.63, 3.8) is 0 Å². The molecule has 1 saturated heterocycles. The molecule has 1 aromatic heterocycles. The fraction of sp³-hybridized carbons (Fsp3) is 0.429. The van der Waals surface area contributed by atoms with Crippen LogP contribution in [0.2, 0.25) is 0 Å². The fourth-order valence-electron chi connectivity index (χ4n) is 3.62. The van der Waals surface area contributed by atoms with Crippen molar-refractivity contribution in [1.82, 2.24) is 9.88 Å². The van der Waals surface area contributed by atoms with Crippen LogP contribution in [0.5, 0.6) is 0 Å². The highest BCUT2D eigenvalue weighted by Gasteiger charge is 2.22. The third-order valence-corrected chi connectivity index (χ3v) is 5.13. The molecule has 1 fully saturated rings. The van der Waals surface area contributed by atoms with Crippen LogP contribution in [0.25, 0.3) is 0 Å². The van der Waals surface area contributed by atoms with Crippen molar-refractivity contribution < 1.29 is 9.90 Å². The number of pyridine rings is 1. The van der Waals surface area contributed by atoms with Gasteiger partial charge in [0.2, 0.25) is 0 Å². The van der Waals surface area contributed by atoms with Crippen LogP contribution in [0.1, 0.15) is 35.7 Å². The van der Waals surface area contributed by atoms with E-state index in [2.05, 4.69) is 27.8 Å². The summed E-state index contributed by atoms with van der Waals surface area (Å²) in [7, 11) is 0. The fourth-order valence-corrected chi connectivity index (χ4v) is 3.62. The van der Waals surface area contributed by atoms with E-state index in [1.807, 2.05) is 30.5 Å². The van der Waals surface area contributed by atoms with E-state index in [9.17, 15) is 4.79 Å². The number of carboxylic acids is 1. The Morgan fingerprint density at radius 3 is 2.69 bits per heavy atom. The predicted molar refractivity (Wildman–Crippen MR) is 104 cm³/mol. The van der Waals surface area contributed by atoms with Crippen LogP contribution >= 0.6 is 0 Å². The Hall–Kier alpha value is -2.40. The van der Waals surface area contributed by atoms with Gasteiger partial charge < -0.3 is 10.0 Å². The van der Waals surface area contributed by atoms with Crippen molar-refractivity contribution in [1.29, 1.82) is 0 Å². The molecule has 2 heterocycles. The molecule has 0 bridgehead atoms. The number of benzene rings is 1. The molecular formula is C21H27N3O2. The lowest BCUT2D eigenvalue weighted by atomic mass is 9.96. The molecule has 0 atom stereocenters. The van der Waals surface area contributed by atoms with Gasteiger partial charge >= 0.3 is 5.97 Å². The van der Waals surface area contributed by atoms with Crippen molar-refractivity contribution in [2.24, 2.45) is 5.92 Å². The molecule has 1 aliphatic heterocycles. The second-order valence-electron chi connectivity index (χ2n) is 6.95. The third kappa shape index (κ3) is 4.82. The van der Waals surface area contributed by atoms with Crippen LogP contribution in [0.15, 0.2) is 48.7 Å². The van der Waals surface area contributed by atoms with Crippen LogP contribution in [-0.4, -0.2) is 47.1 Å². The average Bonchev–Trinajstić information content (AvgIpc) is 2.69. The first-order chi connectivity index (χ1) is 12.7. The summed E-state index contributed by atoms with van der Waals surface area (Å²) in [6.45, 7) is 7.10. The summed E-state index contributed by atoms with van der Waals surface area (Å²) in [6, 6.07) is 13.3. The predicted octanol–water partition coefficient (Wildman–Crippen LogP) is 3.52. The Balaban J connectivity index is 1.53. The quantitative estimate of drug-likeness (QED) is 0.825. The minimum absolute atomic E-state index is 0.363. The highest BCUT2D eigenvalue weighted by Crippen LogP contribution is 2.23. The van der Waals surface area contributed by atoms with Crippen molar-refractivity contribution in [3.8, 4) is 0 Å². The highest BCUT2D eigenvalue weighted by molar-refractivity contribution is 5.87. The molecule has 1 N–H and O–H groups in total. The van der Waals surface area contributed by atoms with Gasteiger partial charge in [-0.15, -0.1) is 0 Å². The maximum absolute atomic E-state index is 11.1. The van der Waals surface area contributed by atoms with Crippen LogP contribution in [-0.2, 0) is 6.54 Å². The van der Waals surface area contributed by atoms with Gasteiger partial charge in [-0.25, -0.2) is 9.78 Å². The summed E-state index contributed by atoms with van der Waals surface area (Å²) in [6.07, 6.45) is 4.19. The number of rotatable bonds is 7. The first-order valence-electron chi connectivity index (χ1n) is 9.36. The summed E-state index contributed by atoms with van der Waals surface area (Å²) < 4.78 is 0. The molecule has 0 unspecified atom stereocenters. The lowest BCUT2D eigenvalue weighted by Gasteiger charge is -2.35. The van der Waals surface area contributed by atoms with Gasteiger partial charge in [0.15, 0.2) is 0 Å². The molecule has 5 nitrogen and oxygen atoms in total. The molecule has 26 heavy (non-hydrogen) atoms. The van der Waals surface area contributed by atoms with Crippen LogP contribution in [0, 0.1) is 5.92 Å². The SMILES string of the molecule is CCN(Cc1cccc(C(=O)O)c1)CC1CCN(c2ccccn2)CC1. The number of anilines is 1. The Morgan fingerprint density at radius 2 is 2.04 bits per heavy atom. The Kier molecular flexibility index (Phi) is 6.23. The molecule has 1 aliphatic rings. The Bertz CT molecular complexity index is 712. The molecule has 0 spiro atoms. The maximum Gasteiger partial charge on any atom is 0.335 e. The van der Waals surface area contributed by atoms with E-state index in [0.29, 0.717) is 11.5 Å². The second kappa shape index (κ2) is 8.81. The largest absolute Gasteiger partial charge is 0.478 e. The monoisotopic (exact) mass is 353 g/mol. The molecule has 0 amide bonds. The summed E-state index contributed by atoms with van der Waals surface area (Å²) in [5.74, 6) is 0.887. The number of aromatic carboxylic acids is 1. The van der Waals surface area contributed by atoms with Crippen molar-refractivity contribution in [2.45, 2.75) is 26.3 Å². The van der Waals surface area contributed by atoms with E-state index in [4.69, 9.17) is 5.11 Å². The van der Waals surface area contributed by atoms with Crippen molar-refractivity contribution in [2.75, 3.05) is 31.1 Å². The molecule has 3 rings (SSSR count). The molecule has 1 aromatic carbocycles. The van der Waals surface area contributed by atoms with E-state index in [1.54, 1.807) is 12.1 Å². The van der Waals surface area contributed by atoms with Crippen LogP contribution in [0.4, 0.5) is 5.82 Å². The van der Waals surface area contributed by atoms with Crippen LogP contribution in [0.3, 0.4) is 0 Å². The molecule has 5 heteroatoms. The van der Waals surface area contributed by atoms with Gasteiger partial charge in [0, 0.05) is 32.4 Å². The number of carboxylic acid groups (broad SMARTS) is 1. The van der Waals surface area contributed by atoms with Gasteiger partial charge in [-0.3, -0.25) is 4.90 Å². The molecule has 0 saturated carbocycles. The van der Waals surface area contributed by atoms with Gasteiger partial charge in [-0.2, -0.15) is 0 Å². The topological polar surface area (TPSA) is 56.7 Å². The van der Waals surface area contributed by atoms with Crippen LogP contribution < -0.4 is 4.90 Å². The van der Waals surface area contributed by atoms with E-state index in [-0.39, 0.29) is 0 Å². The first-order valence-corrected chi connectivity index (χ1v) is 9.36. The van der Waals surface area contributed by atoms with Crippen molar-refractivity contribution >= 4 is 11.8 Å². The summed E-state index contributed by atoms with van der Waals surface area (Å²) in [5, 5.41) is 9.16. The lowest BCUT2D eigenvalue weighted by Crippen LogP contribution is -2.39. The lowest BCUT2D eigenvalue weighted by molar-refractivity contribution is 0.0696. The molecule has 138 valence electrons.